The van der Waals surface area contributed by atoms with Gasteiger partial charge in [-0.3, -0.25) is 4.99 Å². The normalized spacial score (nSPS) is 12.3. The predicted octanol–water partition coefficient (Wildman–Crippen LogP) is 3.87. The molecule has 0 bridgehead atoms. The molecule has 0 aliphatic heterocycles. The highest BCUT2D eigenvalue weighted by Crippen LogP contribution is 2.22. The third kappa shape index (κ3) is 6.96. The van der Waals surface area contributed by atoms with Crippen LogP contribution in [0.2, 0.25) is 0 Å². The number of nitrogens with zero attached hydrogens (tertiary/aromatic N) is 2. The Hall–Kier alpha value is -2.50. The van der Waals surface area contributed by atoms with Crippen LogP contribution in [0.5, 0.6) is 5.75 Å². The summed E-state index contributed by atoms with van der Waals surface area (Å²) in [4.78, 5) is 8.56. The second-order valence-electron chi connectivity index (χ2n) is 8.00. The lowest BCUT2D eigenvalue weighted by atomic mass is 9.94. The van der Waals surface area contributed by atoms with Crippen molar-refractivity contribution in [3.05, 3.63) is 47.7 Å². The molecule has 2 N–H and O–H groups in total. The molecule has 0 unspecified atom stereocenters. The molecule has 1 aromatic carbocycles. The smallest absolute Gasteiger partial charge is 0.213 e. The molecule has 2 aromatic rings. The molecular formula is C21H32N4O2. The van der Waals surface area contributed by atoms with Gasteiger partial charge in [0.2, 0.25) is 5.89 Å². The monoisotopic (exact) mass is 372 g/mol. The number of oxazole rings is 1. The van der Waals surface area contributed by atoms with Crippen molar-refractivity contribution in [2.45, 2.75) is 53.1 Å². The molecule has 0 fully saturated rings. The van der Waals surface area contributed by atoms with E-state index in [2.05, 4.69) is 67.4 Å². The third-order valence-corrected chi connectivity index (χ3v) is 3.89. The molecule has 2 rings (SSSR count). The average molecular weight is 373 g/mol. The highest BCUT2D eigenvalue weighted by molar-refractivity contribution is 5.79. The van der Waals surface area contributed by atoms with E-state index in [0.717, 1.165) is 23.7 Å². The van der Waals surface area contributed by atoms with Gasteiger partial charge < -0.3 is 19.8 Å². The van der Waals surface area contributed by atoms with Gasteiger partial charge in [-0.2, -0.15) is 0 Å². The van der Waals surface area contributed by atoms with Gasteiger partial charge in [0.1, 0.15) is 11.5 Å². The SMILES string of the molecule is CN=C(NCc1ccc(OCC(C)C)cc1)NCc1ncc(C(C)(C)C)o1. The number of hydrogen-bond donors (Lipinski definition) is 2. The zero-order chi connectivity index (χ0) is 19.9. The van der Waals surface area contributed by atoms with Crippen LogP contribution < -0.4 is 15.4 Å². The molecule has 0 radical (unpaired) electrons. The Labute approximate surface area is 162 Å². The molecule has 0 aliphatic rings. The van der Waals surface area contributed by atoms with Crippen LogP contribution in [0.4, 0.5) is 0 Å². The van der Waals surface area contributed by atoms with E-state index < -0.39 is 0 Å². The summed E-state index contributed by atoms with van der Waals surface area (Å²) in [6.07, 6.45) is 1.79. The summed E-state index contributed by atoms with van der Waals surface area (Å²) in [7, 11) is 1.74. The summed E-state index contributed by atoms with van der Waals surface area (Å²) in [5, 5.41) is 6.51. The molecule has 0 atom stereocenters. The van der Waals surface area contributed by atoms with Gasteiger partial charge in [-0.25, -0.2) is 4.98 Å². The van der Waals surface area contributed by atoms with Crippen LogP contribution in [0.1, 0.15) is 51.8 Å². The third-order valence-electron chi connectivity index (χ3n) is 3.89. The van der Waals surface area contributed by atoms with Crippen LogP contribution in [0.15, 0.2) is 39.9 Å². The maximum absolute atomic E-state index is 5.79. The maximum Gasteiger partial charge on any atom is 0.213 e. The van der Waals surface area contributed by atoms with E-state index in [4.69, 9.17) is 9.15 Å². The zero-order valence-electron chi connectivity index (χ0n) is 17.3. The molecule has 27 heavy (non-hydrogen) atoms. The first-order valence-corrected chi connectivity index (χ1v) is 9.39. The van der Waals surface area contributed by atoms with E-state index in [1.807, 2.05) is 12.1 Å². The first-order valence-electron chi connectivity index (χ1n) is 9.39. The number of guanidine groups is 1. The lowest BCUT2D eigenvalue weighted by Crippen LogP contribution is -2.36. The van der Waals surface area contributed by atoms with Crippen LogP contribution >= 0.6 is 0 Å². The Morgan fingerprint density at radius 3 is 2.37 bits per heavy atom. The summed E-state index contributed by atoms with van der Waals surface area (Å²) in [6.45, 7) is 12.5. The Kier molecular flexibility index (Phi) is 7.28. The van der Waals surface area contributed by atoms with Crippen molar-refractivity contribution >= 4 is 5.96 Å². The van der Waals surface area contributed by atoms with Crippen LogP contribution in [0.25, 0.3) is 0 Å². The largest absolute Gasteiger partial charge is 0.493 e. The number of rotatable bonds is 7. The van der Waals surface area contributed by atoms with Crippen molar-refractivity contribution in [2.75, 3.05) is 13.7 Å². The number of aliphatic imine (C=N–C) groups is 1. The van der Waals surface area contributed by atoms with E-state index >= 15 is 0 Å². The van der Waals surface area contributed by atoms with Crippen molar-refractivity contribution in [1.82, 2.24) is 15.6 Å². The number of hydrogen-bond acceptors (Lipinski definition) is 4. The molecule has 6 nitrogen and oxygen atoms in total. The van der Waals surface area contributed by atoms with Crippen molar-refractivity contribution in [3.8, 4) is 5.75 Å². The molecular weight excluding hydrogens is 340 g/mol. The number of nitrogens with one attached hydrogen (secondary N) is 2. The van der Waals surface area contributed by atoms with Crippen molar-refractivity contribution < 1.29 is 9.15 Å². The van der Waals surface area contributed by atoms with E-state index in [1.165, 1.54) is 0 Å². The minimum Gasteiger partial charge on any atom is -0.493 e. The fraction of sp³-hybridized carbons (Fsp3) is 0.524. The minimum atomic E-state index is -0.0454. The van der Waals surface area contributed by atoms with E-state index in [-0.39, 0.29) is 5.41 Å². The van der Waals surface area contributed by atoms with E-state index in [1.54, 1.807) is 13.2 Å². The van der Waals surface area contributed by atoms with Gasteiger partial charge in [-0.05, 0) is 23.6 Å². The van der Waals surface area contributed by atoms with Crippen LogP contribution in [0, 0.1) is 5.92 Å². The van der Waals surface area contributed by atoms with Gasteiger partial charge in [-0.15, -0.1) is 0 Å². The predicted molar refractivity (Wildman–Crippen MR) is 109 cm³/mol. The average Bonchev–Trinajstić information content (AvgIpc) is 3.10. The quantitative estimate of drug-likeness (QED) is 0.570. The van der Waals surface area contributed by atoms with E-state index in [9.17, 15) is 0 Å². The van der Waals surface area contributed by atoms with Crippen LogP contribution in [-0.4, -0.2) is 24.6 Å². The van der Waals surface area contributed by atoms with Crippen molar-refractivity contribution in [2.24, 2.45) is 10.9 Å². The molecule has 0 aliphatic carbocycles. The molecule has 0 saturated heterocycles. The summed E-state index contributed by atoms with van der Waals surface area (Å²) in [5.74, 6) is 3.64. The highest BCUT2D eigenvalue weighted by Gasteiger charge is 2.19. The molecule has 1 aromatic heterocycles. The minimum absolute atomic E-state index is 0.0454. The molecule has 0 saturated carbocycles. The van der Waals surface area contributed by atoms with Crippen molar-refractivity contribution in [3.63, 3.8) is 0 Å². The van der Waals surface area contributed by atoms with Crippen LogP contribution in [0.3, 0.4) is 0 Å². The van der Waals surface area contributed by atoms with E-state index in [0.29, 0.717) is 30.9 Å². The zero-order valence-corrected chi connectivity index (χ0v) is 17.3. The number of aromatic nitrogens is 1. The number of ether oxygens (including phenoxy) is 1. The van der Waals surface area contributed by atoms with Gasteiger partial charge in [0.05, 0.1) is 19.3 Å². The Balaban J connectivity index is 1.81. The van der Waals surface area contributed by atoms with Gasteiger partial charge in [0, 0.05) is 19.0 Å². The van der Waals surface area contributed by atoms with Crippen LogP contribution in [-0.2, 0) is 18.5 Å². The number of benzene rings is 1. The molecule has 148 valence electrons. The second kappa shape index (κ2) is 9.44. The summed E-state index contributed by atoms with van der Waals surface area (Å²) in [6, 6.07) is 8.10. The summed E-state index contributed by atoms with van der Waals surface area (Å²) < 4.78 is 11.5. The first-order chi connectivity index (χ1) is 12.8. The summed E-state index contributed by atoms with van der Waals surface area (Å²) >= 11 is 0. The fourth-order valence-corrected chi connectivity index (χ4v) is 2.27. The molecule has 1 heterocycles. The van der Waals surface area contributed by atoms with Gasteiger partial charge in [0.25, 0.3) is 0 Å². The van der Waals surface area contributed by atoms with Gasteiger partial charge in [-0.1, -0.05) is 46.8 Å². The lowest BCUT2D eigenvalue weighted by molar-refractivity contribution is 0.271. The first kappa shape index (κ1) is 20.8. The lowest BCUT2D eigenvalue weighted by Gasteiger charge is -2.13. The Morgan fingerprint density at radius 1 is 1.15 bits per heavy atom. The second-order valence-corrected chi connectivity index (χ2v) is 8.00. The summed E-state index contributed by atoms with van der Waals surface area (Å²) in [5.41, 5.74) is 1.11. The standard InChI is InChI=1S/C21H32N4O2/c1-15(2)14-26-17-9-7-16(8-10-17)11-24-20(22-6)25-13-19-23-12-18(27-19)21(3,4)5/h7-10,12,15H,11,13-14H2,1-6H3,(H2,22,24,25). The van der Waals surface area contributed by atoms with Crippen molar-refractivity contribution in [1.29, 1.82) is 0 Å². The maximum atomic E-state index is 5.79. The Bertz CT molecular complexity index is 727. The molecule has 0 spiro atoms. The molecule has 0 amide bonds. The highest BCUT2D eigenvalue weighted by atomic mass is 16.5. The molecule has 6 heteroatoms. The fourth-order valence-electron chi connectivity index (χ4n) is 2.27. The van der Waals surface area contributed by atoms with Gasteiger partial charge >= 0.3 is 0 Å². The van der Waals surface area contributed by atoms with Gasteiger partial charge in [0.15, 0.2) is 5.96 Å². The Morgan fingerprint density at radius 2 is 1.81 bits per heavy atom. The topological polar surface area (TPSA) is 71.7 Å².